The van der Waals surface area contributed by atoms with E-state index >= 15 is 0 Å². The molecule has 0 unspecified atom stereocenters. The van der Waals surface area contributed by atoms with Crippen LogP contribution in [0.5, 0.6) is 0 Å². The van der Waals surface area contributed by atoms with Crippen molar-refractivity contribution in [1.82, 2.24) is 14.9 Å². The highest BCUT2D eigenvalue weighted by atomic mass is 32.1. The van der Waals surface area contributed by atoms with Crippen LogP contribution >= 0.6 is 12.2 Å². The smallest absolute Gasteiger partial charge is 0.258 e. The highest BCUT2D eigenvalue weighted by Gasteiger charge is 2.11. The Kier molecular flexibility index (Phi) is 4.48. The Morgan fingerprint density at radius 3 is 2.88 bits per heavy atom. The first-order valence-electron chi connectivity index (χ1n) is 7.18. The molecule has 0 saturated heterocycles. The van der Waals surface area contributed by atoms with Gasteiger partial charge < -0.3 is 0 Å². The van der Waals surface area contributed by atoms with Gasteiger partial charge in [0.2, 0.25) is 4.77 Å². The van der Waals surface area contributed by atoms with Crippen LogP contribution in [-0.4, -0.2) is 26.0 Å². The Bertz CT molecular complexity index is 1040. The molecule has 0 bridgehead atoms. The maximum atomic E-state index is 13.4. The number of aromatic amines is 1. The highest BCUT2D eigenvalue weighted by molar-refractivity contribution is 7.71. The molecule has 0 saturated carbocycles. The van der Waals surface area contributed by atoms with Crippen LogP contribution in [0.1, 0.15) is 11.1 Å². The molecule has 126 valence electrons. The summed E-state index contributed by atoms with van der Waals surface area (Å²) in [7, 11) is 0. The number of aryl methyl sites for hydroxylation is 1. The second-order valence-corrected chi connectivity index (χ2v) is 5.61. The predicted octanol–water partition coefficient (Wildman–Crippen LogP) is 3.85. The van der Waals surface area contributed by atoms with Gasteiger partial charge in [0.25, 0.3) is 5.69 Å². The van der Waals surface area contributed by atoms with E-state index in [1.165, 1.54) is 29.1 Å². The van der Waals surface area contributed by atoms with Crippen LogP contribution < -0.4 is 0 Å². The first-order chi connectivity index (χ1) is 12.0. The van der Waals surface area contributed by atoms with Crippen molar-refractivity contribution in [1.29, 1.82) is 0 Å². The van der Waals surface area contributed by atoms with Crippen molar-refractivity contribution < 1.29 is 9.31 Å². The van der Waals surface area contributed by atoms with E-state index in [-0.39, 0.29) is 10.5 Å². The predicted molar refractivity (Wildman–Crippen MR) is 93.6 cm³/mol. The zero-order chi connectivity index (χ0) is 18.0. The van der Waals surface area contributed by atoms with E-state index in [4.69, 9.17) is 12.2 Å². The average Bonchev–Trinajstić information content (AvgIpc) is 2.94. The summed E-state index contributed by atoms with van der Waals surface area (Å²) < 4.78 is 15.0. The third-order valence-electron chi connectivity index (χ3n) is 3.49. The van der Waals surface area contributed by atoms with Gasteiger partial charge >= 0.3 is 0 Å². The van der Waals surface area contributed by atoms with E-state index in [0.29, 0.717) is 22.5 Å². The molecule has 2 aromatic carbocycles. The molecule has 0 aliphatic heterocycles. The molecule has 0 aliphatic rings. The first-order valence-corrected chi connectivity index (χ1v) is 7.59. The van der Waals surface area contributed by atoms with E-state index in [1.54, 1.807) is 31.2 Å². The maximum Gasteiger partial charge on any atom is 0.272 e. The fourth-order valence-corrected chi connectivity index (χ4v) is 2.42. The topological polar surface area (TPSA) is 89.1 Å². The number of hydrogen-bond donors (Lipinski definition) is 1. The van der Waals surface area contributed by atoms with Gasteiger partial charge in [-0.05, 0) is 31.3 Å². The van der Waals surface area contributed by atoms with Gasteiger partial charge in [0.05, 0.1) is 11.1 Å². The summed E-state index contributed by atoms with van der Waals surface area (Å²) in [5.74, 6) is -0.0709. The first kappa shape index (κ1) is 16.7. The number of hydrogen-bond acceptors (Lipinski definition) is 5. The second-order valence-electron chi connectivity index (χ2n) is 5.22. The normalized spacial score (nSPS) is 11.1. The molecule has 25 heavy (non-hydrogen) atoms. The van der Waals surface area contributed by atoms with Gasteiger partial charge in [-0.25, -0.2) is 9.49 Å². The Morgan fingerprint density at radius 1 is 1.36 bits per heavy atom. The van der Waals surface area contributed by atoms with E-state index in [9.17, 15) is 14.5 Å². The molecule has 1 heterocycles. The van der Waals surface area contributed by atoms with Crippen molar-refractivity contribution >= 4 is 24.1 Å². The lowest BCUT2D eigenvalue weighted by atomic mass is 10.1. The van der Waals surface area contributed by atoms with Crippen molar-refractivity contribution in [3.05, 3.63) is 74.3 Å². The molecule has 0 fully saturated rings. The van der Waals surface area contributed by atoms with Crippen molar-refractivity contribution in [2.45, 2.75) is 6.92 Å². The Morgan fingerprint density at radius 2 is 2.16 bits per heavy atom. The quantitative estimate of drug-likeness (QED) is 0.332. The Hall–Kier alpha value is -3.20. The molecule has 0 radical (unpaired) electrons. The Balaban J connectivity index is 2.00. The van der Waals surface area contributed by atoms with Crippen LogP contribution in [0, 0.1) is 27.6 Å². The second kappa shape index (κ2) is 6.73. The van der Waals surface area contributed by atoms with Gasteiger partial charge in [-0.3, -0.25) is 10.1 Å². The van der Waals surface area contributed by atoms with Crippen LogP contribution in [-0.2, 0) is 0 Å². The summed E-state index contributed by atoms with van der Waals surface area (Å²) in [5, 5.41) is 21.9. The van der Waals surface area contributed by atoms with Crippen molar-refractivity contribution in [3.8, 4) is 11.4 Å². The van der Waals surface area contributed by atoms with Gasteiger partial charge in [0.1, 0.15) is 5.82 Å². The zero-order valence-electron chi connectivity index (χ0n) is 13.0. The zero-order valence-corrected chi connectivity index (χ0v) is 13.8. The molecule has 3 aromatic rings. The van der Waals surface area contributed by atoms with Gasteiger partial charge in [-0.15, -0.1) is 0 Å². The standard InChI is InChI=1S/C16H12FN5O2S/c1-10-5-6-11(7-14(10)22(23)24)9-18-21-15(19-20-16(21)25)12-3-2-4-13(17)8-12/h2-9H,1H3,(H,20,25)/b18-9-. The molecular formula is C16H12FN5O2S. The van der Waals surface area contributed by atoms with Gasteiger partial charge in [0.15, 0.2) is 5.82 Å². The number of H-pyrrole nitrogens is 1. The van der Waals surface area contributed by atoms with E-state index in [0.717, 1.165) is 0 Å². The molecule has 7 nitrogen and oxygen atoms in total. The third-order valence-corrected chi connectivity index (χ3v) is 3.75. The van der Waals surface area contributed by atoms with E-state index in [1.807, 2.05) is 0 Å². The lowest BCUT2D eigenvalue weighted by Gasteiger charge is -2.02. The molecule has 9 heteroatoms. The van der Waals surface area contributed by atoms with Crippen LogP contribution in [0.4, 0.5) is 10.1 Å². The minimum Gasteiger partial charge on any atom is -0.258 e. The summed E-state index contributed by atoms with van der Waals surface area (Å²) in [5.41, 5.74) is 1.59. The van der Waals surface area contributed by atoms with E-state index < -0.39 is 10.7 Å². The largest absolute Gasteiger partial charge is 0.272 e. The molecule has 3 rings (SSSR count). The fourth-order valence-electron chi connectivity index (χ4n) is 2.24. The summed E-state index contributed by atoms with van der Waals surface area (Å²) in [4.78, 5) is 10.6. The monoisotopic (exact) mass is 357 g/mol. The number of nitrogens with one attached hydrogen (secondary N) is 1. The van der Waals surface area contributed by atoms with Crippen LogP contribution in [0.15, 0.2) is 47.6 Å². The number of benzene rings is 2. The average molecular weight is 357 g/mol. The van der Waals surface area contributed by atoms with Gasteiger partial charge in [-0.2, -0.15) is 14.9 Å². The summed E-state index contributed by atoms with van der Waals surface area (Å²) in [6.07, 6.45) is 1.43. The van der Waals surface area contributed by atoms with Gasteiger partial charge in [-0.1, -0.05) is 24.3 Å². The highest BCUT2D eigenvalue weighted by Crippen LogP contribution is 2.20. The molecule has 1 aromatic heterocycles. The number of nitrogens with zero attached hydrogens (tertiary/aromatic N) is 4. The van der Waals surface area contributed by atoms with Crippen molar-refractivity contribution in [2.24, 2.45) is 5.10 Å². The van der Waals surface area contributed by atoms with E-state index in [2.05, 4.69) is 15.3 Å². The van der Waals surface area contributed by atoms with Crippen LogP contribution in [0.25, 0.3) is 11.4 Å². The van der Waals surface area contributed by atoms with Crippen molar-refractivity contribution in [3.63, 3.8) is 0 Å². The summed E-state index contributed by atoms with van der Waals surface area (Å²) in [6.45, 7) is 1.66. The minimum absolute atomic E-state index is 0.00472. The van der Waals surface area contributed by atoms with Crippen molar-refractivity contribution in [2.75, 3.05) is 0 Å². The molecule has 0 aliphatic carbocycles. The minimum atomic E-state index is -0.450. The molecule has 0 spiro atoms. The number of nitro benzene ring substituents is 1. The number of halogens is 1. The SMILES string of the molecule is Cc1ccc(/C=N\n2c(-c3cccc(F)c3)n[nH]c2=S)cc1[N+](=O)[O-]. The van der Waals surface area contributed by atoms with Crippen LogP contribution in [0.3, 0.4) is 0 Å². The lowest BCUT2D eigenvalue weighted by molar-refractivity contribution is -0.385. The lowest BCUT2D eigenvalue weighted by Crippen LogP contribution is -1.97. The molecular weight excluding hydrogens is 345 g/mol. The molecule has 0 amide bonds. The third kappa shape index (κ3) is 3.50. The number of nitro groups is 1. The summed E-state index contributed by atoms with van der Waals surface area (Å²) in [6, 6.07) is 10.6. The number of aromatic nitrogens is 3. The number of rotatable bonds is 4. The van der Waals surface area contributed by atoms with Crippen LogP contribution in [0.2, 0.25) is 0 Å². The maximum absolute atomic E-state index is 13.4. The fraction of sp³-hybridized carbons (Fsp3) is 0.0625. The molecule has 1 N–H and O–H groups in total. The Labute approximate surface area is 146 Å². The summed E-state index contributed by atoms with van der Waals surface area (Å²) >= 11 is 5.14. The van der Waals surface area contributed by atoms with Gasteiger partial charge in [0, 0.05) is 22.8 Å². The molecule has 0 atom stereocenters.